The predicted octanol–water partition coefficient (Wildman–Crippen LogP) is 2.45. The number of hydrogen-bond acceptors (Lipinski definition) is 6. The molecule has 9 nitrogen and oxygen atoms in total. The van der Waals surface area contributed by atoms with E-state index in [9.17, 15) is 4.79 Å². The van der Waals surface area contributed by atoms with Gasteiger partial charge in [-0.05, 0) is 25.0 Å². The van der Waals surface area contributed by atoms with Crippen molar-refractivity contribution >= 4 is 11.7 Å². The maximum Gasteiger partial charge on any atom is 0.263 e. The number of pyridine rings is 1. The molecule has 27 heavy (non-hydrogen) atoms. The van der Waals surface area contributed by atoms with Gasteiger partial charge in [0.1, 0.15) is 23.4 Å². The molecule has 1 aliphatic carbocycles. The quantitative estimate of drug-likeness (QED) is 0.743. The van der Waals surface area contributed by atoms with E-state index in [1.54, 1.807) is 25.6 Å². The summed E-state index contributed by atoms with van der Waals surface area (Å²) < 4.78 is 8.76. The van der Waals surface area contributed by atoms with Gasteiger partial charge in [0.15, 0.2) is 5.82 Å². The first-order valence-electron chi connectivity index (χ1n) is 8.91. The number of anilines is 1. The molecule has 4 rings (SSSR count). The molecule has 1 N–H and O–H groups in total. The van der Waals surface area contributed by atoms with Crippen molar-refractivity contribution in [3.8, 4) is 17.4 Å². The average molecular weight is 367 g/mol. The fraction of sp³-hybridized carbons (Fsp3) is 0.389. The van der Waals surface area contributed by atoms with Crippen molar-refractivity contribution in [1.82, 2.24) is 29.5 Å². The number of aromatic nitrogens is 6. The first-order valence-corrected chi connectivity index (χ1v) is 8.91. The molecule has 0 saturated heterocycles. The van der Waals surface area contributed by atoms with E-state index in [0.29, 0.717) is 23.1 Å². The second-order valence-electron chi connectivity index (χ2n) is 6.59. The van der Waals surface area contributed by atoms with Gasteiger partial charge in [-0.1, -0.05) is 18.9 Å². The molecule has 9 heteroatoms. The van der Waals surface area contributed by atoms with Crippen LogP contribution in [0, 0.1) is 0 Å². The van der Waals surface area contributed by atoms with E-state index in [4.69, 9.17) is 4.74 Å². The summed E-state index contributed by atoms with van der Waals surface area (Å²) >= 11 is 0. The van der Waals surface area contributed by atoms with Crippen molar-refractivity contribution in [2.24, 2.45) is 7.05 Å². The molecule has 140 valence electrons. The maximum absolute atomic E-state index is 12.6. The lowest BCUT2D eigenvalue weighted by atomic mass is 10.2. The molecule has 1 saturated carbocycles. The van der Waals surface area contributed by atoms with Crippen LogP contribution < -0.4 is 10.1 Å². The van der Waals surface area contributed by atoms with E-state index in [1.807, 2.05) is 12.1 Å². The highest BCUT2D eigenvalue weighted by Gasteiger charge is 2.22. The maximum atomic E-state index is 12.6. The van der Waals surface area contributed by atoms with Gasteiger partial charge in [0.05, 0.1) is 7.11 Å². The Morgan fingerprint density at radius 3 is 2.89 bits per heavy atom. The van der Waals surface area contributed by atoms with Crippen molar-refractivity contribution in [2.75, 3.05) is 12.4 Å². The van der Waals surface area contributed by atoms with Crippen LogP contribution in [-0.4, -0.2) is 42.5 Å². The SMILES string of the molecule is COc1nn(C)cc1C(=O)Nc1cccc(-c2nncn2C2CCCC2)n1. The van der Waals surface area contributed by atoms with Crippen LogP contribution in [0.4, 0.5) is 5.82 Å². The summed E-state index contributed by atoms with van der Waals surface area (Å²) in [4.78, 5) is 17.1. The molecule has 3 heterocycles. The fourth-order valence-electron chi connectivity index (χ4n) is 3.46. The largest absolute Gasteiger partial charge is 0.479 e. The Balaban J connectivity index is 1.58. The Labute approximate surface area is 156 Å². The molecule has 1 fully saturated rings. The Morgan fingerprint density at radius 1 is 1.30 bits per heavy atom. The van der Waals surface area contributed by atoms with Crippen LogP contribution in [0.1, 0.15) is 42.1 Å². The van der Waals surface area contributed by atoms with E-state index in [0.717, 1.165) is 18.7 Å². The Bertz CT molecular complexity index is 956. The van der Waals surface area contributed by atoms with Gasteiger partial charge < -0.3 is 14.6 Å². The van der Waals surface area contributed by atoms with Gasteiger partial charge in [0, 0.05) is 19.3 Å². The van der Waals surface area contributed by atoms with Crippen LogP contribution in [0.15, 0.2) is 30.7 Å². The summed E-state index contributed by atoms with van der Waals surface area (Å²) in [7, 11) is 3.21. The molecule has 0 bridgehead atoms. The second-order valence-corrected chi connectivity index (χ2v) is 6.59. The van der Waals surface area contributed by atoms with Gasteiger partial charge in [0.25, 0.3) is 5.91 Å². The van der Waals surface area contributed by atoms with Crippen LogP contribution in [0.25, 0.3) is 11.5 Å². The lowest BCUT2D eigenvalue weighted by Gasteiger charge is -2.13. The molecule has 3 aromatic rings. The Morgan fingerprint density at radius 2 is 2.11 bits per heavy atom. The van der Waals surface area contributed by atoms with Crippen molar-refractivity contribution in [3.05, 3.63) is 36.3 Å². The third-order valence-corrected chi connectivity index (χ3v) is 4.74. The summed E-state index contributed by atoms with van der Waals surface area (Å²) in [6.07, 6.45) is 8.07. The predicted molar refractivity (Wildman–Crippen MR) is 98.5 cm³/mol. The highest BCUT2D eigenvalue weighted by molar-refractivity contribution is 6.05. The summed E-state index contributed by atoms with van der Waals surface area (Å²) in [5.41, 5.74) is 1.02. The molecule has 0 radical (unpaired) electrons. The van der Waals surface area contributed by atoms with Crippen molar-refractivity contribution in [2.45, 2.75) is 31.7 Å². The van der Waals surface area contributed by atoms with Crippen LogP contribution >= 0.6 is 0 Å². The van der Waals surface area contributed by atoms with E-state index in [-0.39, 0.29) is 11.8 Å². The minimum atomic E-state index is -0.332. The van der Waals surface area contributed by atoms with Crippen LogP contribution in [0.3, 0.4) is 0 Å². The molecule has 0 aromatic carbocycles. The molecule has 1 aliphatic rings. The molecule has 0 atom stereocenters. The third-order valence-electron chi connectivity index (χ3n) is 4.74. The highest BCUT2D eigenvalue weighted by Crippen LogP contribution is 2.32. The number of carbonyl (C=O) groups excluding carboxylic acids is 1. The fourth-order valence-corrected chi connectivity index (χ4v) is 3.46. The summed E-state index contributed by atoms with van der Waals surface area (Å²) in [6, 6.07) is 5.86. The van der Waals surface area contributed by atoms with Crippen molar-refractivity contribution in [3.63, 3.8) is 0 Å². The van der Waals surface area contributed by atoms with Crippen molar-refractivity contribution < 1.29 is 9.53 Å². The Hall–Kier alpha value is -3.23. The van der Waals surface area contributed by atoms with E-state index >= 15 is 0 Å². The zero-order chi connectivity index (χ0) is 18.8. The smallest absolute Gasteiger partial charge is 0.263 e. The molecular weight excluding hydrogens is 346 g/mol. The minimum absolute atomic E-state index is 0.270. The van der Waals surface area contributed by atoms with Crippen LogP contribution in [-0.2, 0) is 7.05 Å². The standard InChI is InChI=1S/C18H21N7O2/c1-24-10-13(18(23-24)27-2)17(26)21-15-9-5-8-14(20-15)16-22-19-11-25(16)12-6-3-4-7-12/h5,8-12H,3-4,6-7H2,1-2H3,(H,20,21,26). The molecular formula is C18H21N7O2. The van der Waals surface area contributed by atoms with Gasteiger partial charge in [-0.2, -0.15) is 0 Å². The number of nitrogens with one attached hydrogen (secondary N) is 1. The van der Waals surface area contributed by atoms with Gasteiger partial charge in [-0.25, -0.2) is 4.98 Å². The number of amides is 1. The number of ether oxygens (including phenoxy) is 1. The normalized spacial score (nSPS) is 14.4. The molecule has 0 unspecified atom stereocenters. The van der Waals surface area contributed by atoms with Gasteiger partial charge >= 0.3 is 0 Å². The number of rotatable bonds is 5. The first kappa shape index (κ1) is 17.2. The number of methoxy groups -OCH3 is 1. The van der Waals surface area contributed by atoms with Crippen LogP contribution in [0.5, 0.6) is 5.88 Å². The lowest BCUT2D eigenvalue weighted by molar-refractivity contribution is 0.102. The van der Waals surface area contributed by atoms with Crippen LogP contribution in [0.2, 0.25) is 0 Å². The molecule has 1 amide bonds. The van der Waals surface area contributed by atoms with Gasteiger partial charge in [0.2, 0.25) is 5.88 Å². The molecule has 0 aliphatic heterocycles. The summed E-state index contributed by atoms with van der Waals surface area (Å²) in [5, 5.41) is 15.2. The Kier molecular flexibility index (Phi) is 4.57. The van der Waals surface area contributed by atoms with Gasteiger partial charge in [-0.15, -0.1) is 15.3 Å². The zero-order valence-corrected chi connectivity index (χ0v) is 15.3. The summed E-state index contributed by atoms with van der Waals surface area (Å²) in [6.45, 7) is 0. The monoisotopic (exact) mass is 367 g/mol. The minimum Gasteiger partial charge on any atom is -0.479 e. The zero-order valence-electron chi connectivity index (χ0n) is 15.3. The number of hydrogen-bond donors (Lipinski definition) is 1. The second kappa shape index (κ2) is 7.18. The summed E-state index contributed by atoms with van der Waals surface area (Å²) in [5.74, 6) is 1.09. The number of carbonyl (C=O) groups is 1. The number of nitrogens with zero attached hydrogens (tertiary/aromatic N) is 6. The molecule has 0 spiro atoms. The van der Waals surface area contributed by atoms with Gasteiger partial charge in [-0.3, -0.25) is 9.48 Å². The number of aryl methyl sites for hydroxylation is 1. The first-order chi connectivity index (χ1) is 13.2. The molecule has 3 aromatic heterocycles. The van der Waals surface area contributed by atoms with E-state index < -0.39 is 0 Å². The average Bonchev–Trinajstić information content (AvgIpc) is 3.41. The highest BCUT2D eigenvalue weighted by atomic mass is 16.5. The van der Waals surface area contributed by atoms with E-state index in [2.05, 4.69) is 30.2 Å². The van der Waals surface area contributed by atoms with Crippen molar-refractivity contribution in [1.29, 1.82) is 0 Å². The van der Waals surface area contributed by atoms with E-state index in [1.165, 1.54) is 24.6 Å². The lowest BCUT2D eigenvalue weighted by Crippen LogP contribution is -2.14. The topological polar surface area (TPSA) is 99.8 Å². The third kappa shape index (κ3) is 3.40.